The molecule has 0 radical (unpaired) electrons. The number of aromatic hydroxyl groups is 1. The summed E-state index contributed by atoms with van der Waals surface area (Å²) in [6.07, 6.45) is -3.61. The van der Waals surface area contributed by atoms with Gasteiger partial charge in [-0.25, -0.2) is 0 Å². The van der Waals surface area contributed by atoms with Crippen molar-refractivity contribution in [1.82, 2.24) is 5.32 Å². The van der Waals surface area contributed by atoms with Crippen LogP contribution in [0.1, 0.15) is 17.5 Å². The first-order chi connectivity index (χ1) is 14.6. The maximum atomic E-state index is 12.8. The SMILES string of the molecule is O=C(C[C@@H]1S/C(=N/N=C/c2ccccc2O)NC1=O)Nc1cc(C(F)(F)F)ccc1Cl. The van der Waals surface area contributed by atoms with E-state index in [2.05, 4.69) is 20.8 Å². The number of carbonyl (C=O) groups excluding carboxylic acids is 2. The van der Waals surface area contributed by atoms with Gasteiger partial charge in [0.25, 0.3) is 0 Å². The molecule has 2 aromatic carbocycles. The molecule has 0 bridgehead atoms. The van der Waals surface area contributed by atoms with E-state index in [1.807, 2.05) is 0 Å². The van der Waals surface area contributed by atoms with Crippen LogP contribution in [0.2, 0.25) is 5.02 Å². The number of hydrogen-bond acceptors (Lipinski definition) is 6. The quantitative estimate of drug-likeness (QED) is 0.453. The van der Waals surface area contributed by atoms with E-state index in [1.165, 1.54) is 12.3 Å². The molecular weight excluding hydrogens is 457 g/mol. The molecule has 1 saturated heterocycles. The summed E-state index contributed by atoms with van der Waals surface area (Å²) in [4.78, 5) is 24.3. The van der Waals surface area contributed by atoms with E-state index >= 15 is 0 Å². The van der Waals surface area contributed by atoms with Gasteiger partial charge in [-0.2, -0.15) is 18.3 Å². The highest BCUT2D eigenvalue weighted by molar-refractivity contribution is 8.15. The molecule has 3 rings (SSSR count). The lowest BCUT2D eigenvalue weighted by atomic mass is 10.2. The zero-order valence-corrected chi connectivity index (χ0v) is 17.1. The van der Waals surface area contributed by atoms with Gasteiger partial charge in [-0.05, 0) is 30.3 Å². The van der Waals surface area contributed by atoms with E-state index < -0.39 is 28.8 Å². The Hall–Kier alpha value is -3.05. The Morgan fingerprint density at radius 1 is 1.29 bits per heavy atom. The van der Waals surface area contributed by atoms with Crippen LogP contribution in [0, 0.1) is 0 Å². The standard InChI is InChI=1S/C19H14ClF3N4O3S/c20-12-6-5-11(19(21,22)23)7-13(12)25-16(29)8-15-17(30)26-18(31-15)27-24-9-10-3-1-2-4-14(10)28/h1-7,9,15,28H,8H2,(H,25,29)(H,26,27,30)/b24-9+/t15-/m0/s1. The number of rotatable bonds is 5. The first-order valence-electron chi connectivity index (χ1n) is 8.66. The molecule has 3 N–H and O–H groups in total. The maximum Gasteiger partial charge on any atom is 0.416 e. The Bertz CT molecular complexity index is 1080. The summed E-state index contributed by atoms with van der Waals surface area (Å²) in [5.74, 6) is -1.17. The summed E-state index contributed by atoms with van der Waals surface area (Å²) in [6, 6.07) is 9.00. The van der Waals surface area contributed by atoms with Crippen LogP contribution in [0.25, 0.3) is 0 Å². The molecule has 0 aliphatic carbocycles. The fourth-order valence-electron chi connectivity index (χ4n) is 2.49. The maximum absolute atomic E-state index is 12.8. The number of benzene rings is 2. The number of amides is 2. The van der Waals surface area contributed by atoms with Crippen LogP contribution in [-0.4, -0.2) is 33.6 Å². The molecule has 7 nitrogen and oxygen atoms in total. The van der Waals surface area contributed by atoms with Crippen LogP contribution < -0.4 is 10.6 Å². The first-order valence-corrected chi connectivity index (χ1v) is 9.92. The van der Waals surface area contributed by atoms with Gasteiger partial charge in [0.2, 0.25) is 11.8 Å². The zero-order valence-electron chi connectivity index (χ0n) is 15.5. The topological polar surface area (TPSA) is 103 Å². The van der Waals surface area contributed by atoms with Crippen molar-refractivity contribution < 1.29 is 27.9 Å². The molecule has 12 heteroatoms. The van der Waals surface area contributed by atoms with Gasteiger partial charge in [-0.1, -0.05) is 35.5 Å². The smallest absolute Gasteiger partial charge is 0.416 e. The minimum absolute atomic E-state index is 0.0114. The summed E-state index contributed by atoms with van der Waals surface area (Å²) < 4.78 is 38.5. The van der Waals surface area contributed by atoms with Gasteiger partial charge >= 0.3 is 6.18 Å². The summed E-state index contributed by atoms with van der Waals surface area (Å²) in [6.45, 7) is 0. The molecule has 1 fully saturated rings. The molecule has 1 heterocycles. The van der Waals surface area contributed by atoms with Crippen LogP contribution >= 0.6 is 23.4 Å². The number of halogens is 4. The summed E-state index contributed by atoms with van der Waals surface area (Å²) in [5, 5.41) is 21.3. The number of amidine groups is 1. The largest absolute Gasteiger partial charge is 0.507 e. The minimum Gasteiger partial charge on any atom is -0.507 e. The van der Waals surface area contributed by atoms with Gasteiger partial charge < -0.3 is 15.7 Å². The van der Waals surface area contributed by atoms with E-state index in [0.717, 1.165) is 30.0 Å². The highest BCUT2D eigenvalue weighted by Gasteiger charge is 2.33. The van der Waals surface area contributed by atoms with E-state index in [-0.39, 0.29) is 28.0 Å². The number of phenolic OH excluding ortho intramolecular Hbond substituents is 1. The number of nitrogens with zero attached hydrogens (tertiary/aromatic N) is 2. The normalized spacial score (nSPS) is 17.9. The van der Waals surface area contributed by atoms with Gasteiger partial charge in [0.15, 0.2) is 5.17 Å². The van der Waals surface area contributed by atoms with Crippen molar-refractivity contribution in [2.24, 2.45) is 10.2 Å². The molecule has 1 aliphatic heterocycles. The first kappa shape index (κ1) is 22.6. The molecule has 0 aromatic heterocycles. The van der Waals surface area contributed by atoms with Crippen molar-refractivity contribution in [1.29, 1.82) is 0 Å². The van der Waals surface area contributed by atoms with Crippen molar-refractivity contribution in [3.8, 4) is 5.75 Å². The summed E-state index contributed by atoms with van der Waals surface area (Å²) >= 11 is 6.81. The summed E-state index contributed by atoms with van der Waals surface area (Å²) in [5.41, 5.74) is -0.738. The van der Waals surface area contributed by atoms with E-state index in [4.69, 9.17) is 11.6 Å². The Morgan fingerprint density at radius 2 is 2.03 bits per heavy atom. The molecule has 1 atom stereocenters. The van der Waals surface area contributed by atoms with Gasteiger partial charge in [-0.15, -0.1) is 5.10 Å². The second-order valence-corrected chi connectivity index (χ2v) is 7.85. The lowest BCUT2D eigenvalue weighted by Gasteiger charge is -2.12. The Balaban J connectivity index is 1.61. The lowest BCUT2D eigenvalue weighted by molar-refractivity contribution is -0.137. The second kappa shape index (κ2) is 9.40. The molecule has 1 aliphatic rings. The molecule has 0 spiro atoms. The Kier molecular flexibility index (Phi) is 6.86. The lowest BCUT2D eigenvalue weighted by Crippen LogP contribution is -2.28. The van der Waals surface area contributed by atoms with E-state index in [9.17, 15) is 27.9 Å². The molecular formula is C19H14ClF3N4O3S. The number of phenols is 1. The van der Waals surface area contributed by atoms with Crippen LogP contribution in [0.4, 0.5) is 18.9 Å². The molecule has 162 valence electrons. The number of thioether (sulfide) groups is 1. The van der Waals surface area contributed by atoms with Crippen molar-refractivity contribution >= 4 is 52.2 Å². The van der Waals surface area contributed by atoms with Crippen LogP contribution in [0.5, 0.6) is 5.75 Å². The number of para-hydroxylation sites is 1. The fourth-order valence-corrected chi connectivity index (χ4v) is 3.58. The van der Waals surface area contributed by atoms with Gasteiger partial charge in [0.05, 0.1) is 22.5 Å². The third-order valence-corrected chi connectivity index (χ3v) is 5.40. The Morgan fingerprint density at radius 3 is 2.74 bits per heavy atom. The molecule has 2 aromatic rings. The molecule has 31 heavy (non-hydrogen) atoms. The van der Waals surface area contributed by atoms with Gasteiger partial charge in [0, 0.05) is 12.0 Å². The molecule has 0 unspecified atom stereocenters. The average molecular weight is 471 g/mol. The Labute approximate surface area is 183 Å². The minimum atomic E-state index is -4.59. The number of anilines is 1. The average Bonchev–Trinajstić information content (AvgIpc) is 3.03. The predicted octanol–water partition coefficient (Wildman–Crippen LogP) is 4.01. The van der Waals surface area contributed by atoms with E-state index in [0.29, 0.717) is 5.56 Å². The zero-order chi connectivity index (χ0) is 22.6. The molecule has 2 amide bonds. The van der Waals surface area contributed by atoms with Crippen molar-refractivity contribution in [3.63, 3.8) is 0 Å². The summed E-state index contributed by atoms with van der Waals surface area (Å²) in [7, 11) is 0. The van der Waals surface area contributed by atoms with E-state index in [1.54, 1.807) is 18.2 Å². The van der Waals surface area contributed by atoms with Crippen LogP contribution in [-0.2, 0) is 15.8 Å². The number of hydrogen-bond donors (Lipinski definition) is 3. The van der Waals surface area contributed by atoms with Gasteiger partial charge in [-0.3, -0.25) is 9.59 Å². The monoisotopic (exact) mass is 470 g/mol. The third-order valence-electron chi connectivity index (χ3n) is 4.00. The number of nitrogens with one attached hydrogen (secondary N) is 2. The third kappa shape index (κ3) is 5.98. The van der Waals surface area contributed by atoms with Crippen molar-refractivity contribution in [2.45, 2.75) is 17.8 Å². The van der Waals surface area contributed by atoms with Gasteiger partial charge in [0.1, 0.15) is 11.0 Å². The number of carbonyl (C=O) groups is 2. The number of alkyl halides is 3. The molecule has 0 saturated carbocycles. The van der Waals surface area contributed by atoms with Crippen molar-refractivity contribution in [2.75, 3.05) is 5.32 Å². The second-order valence-electron chi connectivity index (χ2n) is 6.25. The highest BCUT2D eigenvalue weighted by Crippen LogP contribution is 2.34. The highest BCUT2D eigenvalue weighted by atomic mass is 35.5. The van der Waals surface area contributed by atoms with Crippen LogP contribution in [0.15, 0.2) is 52.7 Å². The predicted molar refractivity (Wildman–Crippen MR) is 112 cm³/mol. The van der Waals surface area contributed by atoms with Crippen molar-refractivity contribution in [3.05, 3.63) is 58.6 Å². The fraction of sp³-hybridized carbons (Fsp3) is 0.158. The van der Waals surface area contributed by atoms with Crippen LogP contribution in [0.3, 0.4) is 0 Å².